The van der Waals surface area contributed by atoms with E-state index in [2.05, 4.69) is 17.2 Å². The first-order valence-corrected chi connectivity index (χ1v) is 5.96. The molecule has 0 aliphatic carbocycles. The highest BCUT2D eigenvalue weighted by Gasteiger charge is 2.14. The Morgan fingerprint density at radius 2 is 2.22 bits per heavy atom. The van der Waals surface area contributed by atoms with Gasteiger partial charge < -0.3 is 15.4 Å². The molecule has 98 valence electrons. The van der Waals surface area contributed by atoms with Gasteiger partial charge in [-0.2, -0.15) is 0 Å². The number of carbonyl (C=O) groups is 1. The van der Waals surface area contributed by atoms with Crippen LogP contribution < -0.4 is 10.6 Å². The summed E-state index contributed by atoms with van der Waals surface area (Å²) in [6.07, 6.45) is 1.34. The molecule has 4 nitrogen and oxygen atoms in total. The number of hydrogen-bond donors (Lipinski definition) is 2. The Hall–Kier alpha value is -1.52. The second-order valence-electron chi connectivity index (χ2n) is 3.63. The fraction of sp³-hybridized carbons (Fsp3) is 0.308. The molecule has 1 rings (SSSR count). The molecule has 0 fully saturated rings. The maximum absolute atomic E-state index is 11.4. The van der Waals surface area contributed by atoms with Crippen molar-refractivity contribution in [3.8, 4) is 0 Å². The Labute approximate surface area is 112 Å². The van der Waals surface area contributed by atoms with Gasteiger partial charge in [0.1, 0.15) is 6.10 Å². The Morgan fingerprint density at radius 3 is 2.83 bits per heavy atom. The van der Waals surface area contributed by atoms with E-state index in [0.29, 0.717) is 18.1 Å². The number of nitrogens with one attached hydrogen (secondary N) is 2. The van der Waals surface area contributed by atoms with E-state index in [1.165, 1.54) is 0 Å². The average molecular weight is 269 g/mol. The lowest BCUT2D eigenvalue weighted by Crippen LogP contribution is -2.38. The van der Waals surface area contributed by atoms with E-state index < -0.39 is 0 Å². The summed E-state index contributed by atoms with van der Waals surface area (Å²) in [6, 6.07) is 7.14. The van der Waals surface area contributed by atoms with Gasteiger partial charge in [0.2, 0.25) is 0 Å². The predicted octanol–water partition coefficient (Wildman–Crippen LogP) is 2.51. The van der Waals surface area contributed by atoms with E-state index in [-0.39, 0.29) is 12.1 Å². The molecule has 0 aliphatic heterocycles. The Kier molecular flexibility index (Phi) is 6.25. The first-order chi connectivity index (χ1) is 8.69. The molecule has 1 atom stereocenters. The lowest BCUT2D eigenvalue weighted by Gasteiger charge is -2.17. The molecular weight excluding hydrogens is 252 g/mol. The zero-order valence-electron chi connectivity index (χ0n) is 10.3. The minimum Gasteiger partial charge on any atom is -0.375 e. The van der Waals surface area contributed by atoms with E-state index >= 15 is 0 Å². The SMILES string of the molecule is C=CCNC(=O)NCC(OC)c1ccccc1Cl. The van der Waals surface area contributed by atoms with Crippen molar-refractivity contribution in [3.63, 3.8) is 0 Å². The van der Waals surface area contributed by atoms with Crippen molar-refractivity contribution in [1.82, 2.24) is 10.6 Å². The van der Waals surface area contributed by atoms with Crippen LogP contribution in [0.2, 0.25) is 5.02 Å². The molecule has 2 N–H and O–H groups in total. The molecule has 5 heteroatoms. The van der Waals surface area contributed by atoms with Gasteiger partial charge in [0.05, 0.1) is 0 Å². The lowest BCUT2D eigenvalue weighted by atomic mass is 10.1. The fourth-order valence-electron chi connectivity index (χ4n) is 1.47. The molecule has 0 bridgehead atoms. The Balaban J connectivity index is 2.55. The third-order valence-electron chi connectivity index (χ3n) is 2.39. The molecule has 1 aromatic rings. The van der Waals surface area contributed by atoms with E-state index in [0.717, 1.165) is 5.56 Å². The van der Waals surface area contributed by atoms with Crippen molar-refractivity contribution < 1.29 is 9.53 Å². The van der Waals surface area contributed by atoms with Gasteiger partial charge in [-0.1, -0.05) is 35.9 Å². The quantitative estimate of drug-likeness (QED) is 0.779. The largest absolute Gasteiger partial charge is 0.375 e. The third-order valence-corrected chi connectivity index (χ3v) is 2.74. The summed E-state index contributed by atoms with van der Waals surface area (Å²) in [5.74, 6) is 0. The number of carbonyl (C=O) groups excluding carboxylic acids is 1. The van der Waals surface area contributed by atoms with Crippen molar-refractivity contribution in [2.75, 3.05) is 20.2 Å². The summed E-state index contributed by atoms with van der Waals surface area (Å²) in [6.45, 7) is 4.30. The smallest absolute Gasteiger partial charge is 0.315 e. The van der Waals surface area contributed by atoms with Crippen molar-refractivity contribution in [3.05, 3.63) is 47.5 Å². The number of rotatable bonds is 6. The Morgan fingerprint density at radius 1 is 1.50 bits per heavy atom. The van der Waals surface area contributed by atoms with Crippen LogP contribution in [-0.4, -0.2) is 26.2 Å². The first kappa shape index (κ1) is 14.5. The number of ether oxygens (including phenoxy) is 1. The maximum Gasteiger partial charge on any atom is 0.315 e. The van der Waals surface area contributed by atoms with Crippen molar-refractivity contribution in [1.29, 1.82) is 0 Å². The fourth-order valence-corrected chi connectivity index (χ4v) is 1.73. The highest BCUT2D eigenvalue weighted by molar-refractivity contribution is 6.31. The van der Waals surface area contributed by atoms with Gasteiger partial charge in [-0.25, -0.2) is 4.79 Å². The molecule has 2 amide bonds. The van der Waals surface area contributed by atoms with Gasteiger partial charge in [0, 0.05) is 30.8 Å². The van der Waals surface area contributed by atoms with Crippen LogP contribution in [0.1, 0.15) is 11.7 Å². The molecule has 0 aromatic heterocycles. The molecule has 0 heterocycles. The summed E-state index contributed by atoms with van der Waals surface area (Å²) >= 11 is 6.08. The molecule has 0 radical (unpaired) electrons. The van der Waals surface area contributed by atoms with Crippen molar-refractivity contribution >= 4 is 17.6 Å². The zero-order chi connectivity index (χ0) is 13.4. The zero-order valence-corrected chi connectivity index (χ0v) is 11.0. The van der Waals surface area contributed by atoms with E-state index in [9.17, 15) is 4.79 Å². The molecular formula is C13H17ClN2O2. The molecule has 1 unspecified atom stereocenters. The van der Waals surface area contributed by atoms with E-state index in [1.54, 1.807) is 19.3 Å². The normalized spacial score (nSPS) is 11.7. The third kappa shape index (κ3) is 4.39. The highest BCUT2D eigenvalue weighted by atomic mass is 35.5. The van der Waals surface area contributed by atoms with Gasteiger partial charge in [-0.05, 0) is 6.07 Å². The standard InChI is InChI=1S/C13H17ClN2O2/c1-3-8-15-13(17)16-9-12(18-2)10-6-4-5-7-11(10)14/h3-7,12H,1,8-9H2,2H3,(H2,15,16,17). The molecule has 0 saturated heterocycles. The second kappa shape index (κ2) is 7.74. The summed E-state index contributed by atoms with van der Waals surface area (Å²) in [7, 11) is 1.58. The first-order valence-electron chi connectivity index (χ1n) is 5.58. The number of amides is 2. The lowest BCUT2D eigenvalue weighted by molar-refractivity contribution is 0.104. The van der Waals surface area contributed by atoms with Crippen LogP contribution in [0.15, 0.2) is 36.9 Å². The number of benzene rings is 1. The summed E-state index contributed by atoms with van der Waals surface area (Å²) in [5.41, 5.74) is 0.852. The van der Waals surface area contributed by atoms with E-state index in [4.69, 9.17) is 16.3 Å². The summed E-state index contributed by atoms with van der Waals surface area (Å²) in [5, 5.41) is 5.96. The van der Waals surface area contributed by atoms with Crippen LogP contribution in [0, 0.1) is 0 Å². The van der Waals surface area contributed by atoms with Gasteiger partial charge in [0.15, 0.2) is 0 Å². The molecule has 0 saturated carbocycles. The number of urea groups is 1. The van der Waals surface area contributed by atoms with Gasteiger partial charge >= 0.3 is 6.03 Å². The Bertz CT molecular complexity index is 410. The number of halogens is 1. The molecule has 18 heavy (non-hydrogen) atoms. The number of hydrogen-bond acceptors (Lipinski definition) is 2. The average Bonchev–Trinajstić information content (AvgIpc) is 2.39. The minimum atomic E-state index is -0.270. The maximum atomic E-state index is 11.4. The minimum absolute atomic E-state index is 0.260. The second-order valence-corrected chi connectivity index (χ2v) is 4.03. The summed E-state index contributed by atoms with van der Waals surface area (Å²) in [4.78, 5) is 11.4. The van der Waals surface area contributed by atoms with Crippen LogP contribution in [0.25, 0.3) is 0 Å². The molecule has 1 aromatic carbocycles. The van der Waals surface area contributed by atoms with Gasteiger partial charge in [-0.15, -0.1) is 6.58 Å². The van der Waals surface area contributed by atoms with Crippen molar-refractivity contribution in [2.24, 2.45) is 0 Å². The van der Waals surface area contributed by atoms with Crippen LogP contribution >= 0.6 is 11.6 Å². The van der Waals surface area contributed by atoms with E-state index in [1.807, 2.05) is 18.2 Å². The van der Waals surface area contributed by atoms with Crippen LogP contribution in [0.5, 0.6) is 0 Å². The van der Waals surface area contributed by atoms with Crippen LogP contribution in [-0.2, 0) is 4.74 Å². The molecule has 0 spiro atoms. The van der Waals surface area contributed by atoms with Crippen LogP contribution in [0.4, 0.5) is 4.79 Å². The number of methoxy groups -OCH3 is 1. The predicted molar refractivity (Wildman–Crippen MR) is 72.8 cm³/mol. The van der Waals surface area contributed by atoms with Crippen molar-refractivity contribution in [2.45, 2.75) is 6.10 Å². The summed E-state index contributed by atoms with van der Waals surface area (Å²) < 4.78 is 5.32. The molecule has 0 aliphatic rings. The monoisotopic (exact) mass is 268 g/mol. The van der Waals surface area contributed by atoms with Gasteiger partial charge in [-0.3, -0.25) is 0 Å². The topological polar surface area (TPSA) is 50.4 Å². The van der Waals surface area contributed by atoms with Gasteiger partial charge in [0.25, 0.3) is 0 Å². The van der Waals surface area contributed by atoms with Crippen LogP contribution in [0.3, 0.4) is 0 Å². The highest BCUT2D eigenvalue weighted by Crippen LogP contribution is 2.24.